The second-order valence-electron chi connectivity index (χ2n) is 5.06. The average Bonchev–Trinajstić information content (AvgIpc) is 2.46. The van der Waals surface area contributed by atoms with Crippen LogP contribution in [0.3, 0.4) is 0 Å². The van der Waals surface area contributed by atoms with E-state index in [0.29, 0.717) is 0 Å². The molecule has 0 spiro atoms. The van der Waals surface area contributed by atoms with E-state index >= 15 is 0 Å². The summed E-state index contributed by atoms with van der Waals surface area (Å²) >= 11 is 0. The number of hydrogen-bond donors (Lipinski definition) is 13. The van der Waals surface area contributed by atoms with Gasteiger partial charge in [-0.1, -0.05) is 0 Å². The van der Waals surface area contributed by atoms with Crippen molar-refractivity contribution in [1.29, 1.82) is 0 Å². The maximum Gasteiger partial charge on any atom is 0.692 e. The summed E-state index contributed by atoms with van der Waals surface area (Å²) in [5.74, 6) is 0. The lowest BCUT2D eigenvalue weighted by Gasteiger charge is -2.38. The molecule has 3 unspecified atom stereocenters. The molecule has 0 aromatic carbocycles. The highest BCUT2D eigenvalue weighted by Gasteiger charge is 2.47. The smallest absolute Gasteiger partial charge is 0.412 e. The normalized spacial score (nSPS) is 21.0. The van der Waals surface area contributed by atoms with Gasteiger partial charge >= 0.3 is 40.0 Å². The molecule has 0 heterocycles. The Balaban J connectivity index is -0.000000136. The van der Waals surface area contributed by atoms with Gasteiger partial charge in [0.1, 0.15) is 27.3 Å². The molecule has 0 radical (unpaired) electrons. The van der Waals surface area contributed by atoms with Gasteiger partial charge in [-0.05, 0) is 0 Å². The Labute approximate surface area is 203 Å². The molecule has 1 aliphatic carbocycles. The molecular formula is C6H28O24P6+2. The summed E-state index contributed by atoms with van der Waals surface area (Å²) in [7, 11) is -22.1. The van der Waals surface area contributed by atoms with Crippen LogP contribution in [-0.2, 0) is 36.4 Å². The van der Waals surface area contributed by atoms with Crippen molar-refractivity contribution in [2.75, 3.05) is 0 Å². The van der Waals surface area contributed by atoms with Crippen LogP contribution in [-0.4, -0.2) is 105 Å². The standard InChI is InChI=1S/C6H15O13P3.2HO3P.H3O2P.3H2O/c7-3-1-4(17-20(8,9)10)6(19-22(14,15)16)5(2-3)18-21(11,12)13;2*1-4(2)3;1-3-2;;;/h3-7H,1-2H2,(H2,8,9,10)(H2,11,12,13)(H2,14,15,16);2*(H-,1,2,3);1-3H;3*1H2/p+2/t3?,4-,5?,6?;;;;;;/m1....../s1. The van der Waals surface area contributed by atoms with Gasteiger partial charge in [0.05, 0.1) is 6.10 Å². The molecule has 0 saturated heterocycles. The van der Waals surface area contributed by atoms with Gasteiger partial charge in [0, 0.05) is 22.0 Å². The van der Waals surface area contributed by atoms with E-state index in [1.807, 2.05) is 0 Å². The van der Waals surface area contributed by atoms with Crippen LogP contribution >= 0.6 is 49.0 Å². The van der Waals surface area contributed by atoms with E-state index in [1.54, 1.807) is 0 Å². The van der Waals surface area contributed by atoms with Crippen molar-refractivity contribution in [3.05, 3.63) is 0 Å². The Morgan fingerprint density at radius 1 is 0.639 bits per heavy atom. The van der Waals surface area contributed by atoms with Crippen LogP contribution in [0.5, 0.6) is 0 Å². The highest BCUT2D eigenvalue weighted by Crippen LogP contribution is 2.49. The molecule has 4 atom stereocenters. The Kier molecular flexibility index (Phi) is 32.2. The van der Waals surface area contributed by atoms with Crippen molar-refractivity contribution >= 4 is 49.0 Å². The molecule has 0 aliphatic heterocycles. The minimum absolute atomic E-state index is 0. The van der Waals surface area contributed by atoms with Gasteiger partial charge in [-0.25, -0.2) is 13.7 Å². The number of aliphatic hydroxyl groups is 1. The van der Waals surface area contributed by atoms with Crippen LogP contribution in [0.1, 0.15) is 12.8 Å². The average molecular weight is 670 g/mol. The Morgan fingerprint density at radius 2 is 0.833 bits per heavy atom. The third kappa shape index (κ3) is 39.1. The molecule has 30 heteroatoms. The van der Waals surface area contributed by atoms with Gasteiger partial charge in [0.25, 0.3) is 0 Å². The molecule has 0 bridgehead atoms. The predicted octanol–water partition coefficient (Wildman–Crippen LogP) is -5.16. The number of phosphoric acid groups is 3. The maximum atomic E-state index is 10.9. The van der Waals surface area contributed by atoms with Gasteiger partial charge in [-0.2, -0.15) is 0 Å². The summed E-state index contributed by atoms with van der Waals surface area (Å²) in [4.78, 5) is 95.4. The van der Waals surface area contributed by atoms with Gasteiger partial charge < -0.3 is 60.7 Å². The maximum absolute atomic E-state index is 10.9. The molecule has 1 rings (SSSR count). The van der Waals surface area contributed by atoms with Crippen molar-refractivity contribution in [2.45, 2.75) is 37.3 Å². The summed E-state index contributed by atoms with van der Waals surface area (Å²) in [6, 6.07) is 0. The molecular weight excluding hydrogens is 642 g/mol. The molecule has 224 valence electrons. The van der Waals surface area contributed by atoms with Crippen LogP contribution in [0.25, 0.3) is 0 Å². The van der Waals surface area contributed by atoms with Gasteiger partial charge in [0.15, 0.2) is 0 Å². The molecule has 0 amide bonds. The molecule has 0 aromatic heterocycles. The van der Waals surface area contributed by atoms with Crippen LogP contribution in [0.2, 0.25) is 0 Å². The van der Waals surface area contributed by atoms with E-state index in [0.717, 1.165) is 0 Å². The van der Waals surface area contributed by atoms with E-state index in [-0.39, 0.29) is 16.4 Å². The fourth-order valence-corrected chi connectivity index (χ4v) is 3.70. The SMILES string of the molecule is O.O.O.O=P(O)(O)OC1CC(O)C[C@@H](OP(=O)(O)O)C1OP(=O)(O)O.O=[P+](O)O.O=[P+](O)O.OPO. The molecule has 1 saturated carbocycles. The quantitative estimate of drug-likeness (QED) is 0.117. The summed E-state index contributed by atoms with van der Waals surface area (Å²) in [6.07, 6.45) is -7.83. The topological polar surface area (TPSA) is 471 Å². The highest BCUT2D eigenvalue weighted by atomic mass is 31.2. The van der Waals surface area contributed by atoms with Crippen LogP contribution in [0, 0.1) is 0 Å². The molecule has 1 fully saturated rings. The molecule has 0 aromatic rings. The first-order chi connectivity index (χ1) is 14.5. The summed E-state index contributed by atoms with van der Waals surface area (Å²) in [6.45, 7) is 0. The van der Waals surface area contributed by atoms with Crippen LogP contribution in [0.15, 0.2) is 0 Å². The van der Waals surface area contributed by atoms with E-state index in [4.69, 9.17) is 67.9 Å². The fourth-order valence-electron chi connectivity index (χ4n) is 1.99. The predicted molar refractivity (Wildman–Crippen MR) is 114 cm³/mol. The molecule has 1 aliphatic rings. The van der Waals surface area contributed by atoms with Crippen molar-refractivity contribution in [3.63, 3.8) is 0 Å². The Morgan fingerprint density at radius 3 is 1.00 bits per heavy atom. The van der Waals surface area contributed by atoms with Crippen LogP contribution in [0.4, 0.5) is 0 Å². The minimum atomic E-state index is -5.21. The monoisotopic (exact) mass is 670 g/mol. The first-order valence-electron chi connectivity index (χ1n) is 7.17. The number of phosphoric ester groups is 3. The van der Waals surface area contributed by atoms with E-state index in [9.17, 15) is 18.8 Å². The molecule has 36 heavy (non-hydrogen) atoms. The van der Waals surface area contributed by atoms with Gasteiger partial charge in [0.2, 0.25) is 0 Å². The lowest BCUT2D eigenvalue weighted by molar-refractivity contribution is -0.106. The number of aliphatic hydroxyl groups excluding tert-OH is 1. The third-order valence-electron chi connectivity index (χ3n) is 2.55. The largest absolute Gasteiger partial charge is 0.692 e. The second-order valence-corrected chi connectivity index (χ2v) is 9.85. The highest BCUT2D eigenvalue weighted by molar-refractivity contribution is 7.47. The minimum Gasteiger partial charge on any atom is -0.412 e. The van der Waals surface area contributed by atoms with Crippen molar-refractivity contribution in [1.82, 2.24) is 0 Å². The first-order valence-corrected chi connectivity index (χ1v) is 15.0. The molecule has 19 N–H and O–H groups in total. The van der Waals surface area contributed by atoms with E-state index in [1.165, 1.54) is 0 Å². The fraction of sp³-hybridized carbons (Fsp3) is 1.00. The summed E-state index contributed by atoms with van der Waals surface area (Å²) in [5, 5.41) is 9.54. The summed E-state index contributed by atoms with van der Waals surface area (Å²) in [5.41, 5.74) is 0. The van der Waals surface area contributed by atoms with Gasteiger partial charge in [-0.15, -0.1) is 19.6 Å². The van der Waals surface area contributed by atoms with Gasteiger partial charge in [-0.3, -0.25) is 13.6 Å². The number of rotatable bonds is 6. The summed E-state index contributed by atoms with van der Waals surface area (Å²) < 4.78 is 62.8. The third-order valence-corrected chi connectivity index (χ3v) is 4.15. The van der Waals surface area contributed by atoms with Crippen molar-refractivity contribution in [2.24, 2.45) is 0 Å². The van der Waals surface area contributed by atoms with Crippen molar-refractivity contribution in [3.8, 4) is 0 Å². The van der Waals surface area contributed by atoms with Crippen LogP contribution < -0.4 is 0 Å². The number of hydrogen-bond acceptors (Lipinski definition) is 11. The van der Waals surface area contributed by atoms with Crippen molar-refractivity contribution < 1.29 is 117 Å². The Bertz CT molecular complexity index is 656. The zero-order valence-corrected chi connectivity index (χ0v) is 22.5. The van der Waals surface area contributed by atoms with E-state index < -0.39 is 86.3 Å². The second kappa shape index (κ2) is 23.4. The zero-order valence-electron chi connectivity index (χ0n) is 17.0. The van der Waals surface area contributed by atoms with E-state index in [2.05, 4.69) is 13.6 Å². The zero-order chi connectivity index (χ0) is 27.2. The lowest BCUT2D eigenvalue weighted by atomic mass is 9.90. The Hall–Kier alpha value is 0.560. The first kappa shape index (κ1) is 49.5. The lowest BCUT2D eigenvalue weighted by Crippen LogP contribution is -2.49. The molecule has 24 nitrogen and oxygen atoms in total.